The van der Waals surface area contributed by atoms with E-state index in [9.17, 15) is 9.59 Å². The predicted octanol–water partition coefficient (Wildman–Crippen LogP) is -1.50. The summed E-state index contributed by atoms with van der Waals surface area (Å²) in [4.78, 5) is 26.5. The van der Waals surface area contributed by atoms with Crippen molar-refractivity contribution in [3.8, 4) is 0 Å². The van der Waals surface area contributed by atoms with Gasteiger partial charge in [0.25, 0.3) is 0 Å². The van der Waals surface area contributed by atoms with Crippen molar-refractivity contribution in [2.45, 2.75) is 13.8 Å². The zero-order valence-electron chi connectivity index (χ0n) is 9.65. The molecule has 0 aliphatic rings. The highest BCUT2D eigenvalue weighted by molar-refractivity contribution is 6.39. The molecule has 0 atom stereocenters. The average Bonchev–Trinajstić information content (AvgIpc) is 2.30. The number of nitrogens with two attached hydrogens (primary N) is 1. The van der Waals surface area contributed by atoms with Gasteiger partial charge in [-0.25, -0.2) is 4.98 Å². The van der Waals surface area contributed by atoms with E-state index in [0.717, 1.165) is 0 Å². The van der Waals surface area contributed by atoms with Crippen molar-refractivity contribution in [1.29, 1.82) is 0 Å². The van der Waals surface area contributed by atoms with Gasteiger partial charge in [0.1, 0.15) is 0 Å². The molecule has 2 amide bonds. The van der Waals surface area contributed by atoms with E-state index >= 15 is 0 Å². The fourth-order valence-corrected chi connectivity index (χ4v) is 0.934. The topological polar surface area (TPSA) is 123 Å². The fraction of sp³-hybridized carbons (Fsp3) is 0.444. The molecule has 0 spiro atoms. The number of aryl methyl sites for hydroxylation is 2. The molecule has 8 nitrogen and oxygen atoms in total. The standard InChI is InChI=1S/C9H14N6O2/c1-5-6(2)14-15-9(12-5)13-8(17)7(16)11-4-3-10/h3-4,10H2,1-2H3,(H,11,16)(H,12,13,15,17). The Hall–Kier alpha value is -2.09. The maximum Gasteiger partial charge on any atom is 0.316 e. The van der Waals surface area contributed by atoms with E-state index in [-0.39, 0.29) is 19.0 Å². The number of anilines is 1. The molecule has 0 fully saturated rings. The Morgan fingerprint density at radius 2 is 1.88 bits per heavy atom. The predicted molar refractivity (Wildman–Crippen MR) is 60.0 cm³/mol. The van der Waals surface area contributed by atoms with Crippen LogP contribution in [0, 0.1) is 13.8 Å². The summed E-state index contributed by atoms with van der Waals surface area (Å²) in [5, 5.41) is 12.0. The number of hydrogen-bond acceptors (Lipinski definition) is 6. The van der Waals surface area contributed by atoms with Crippen molar-refractivity contribution in [2.24, 2.45) is 5.73 Å². The molecule has 1 rings (SSSR count). The molecule has 1 aromatic heterocycles. The van der Waals surface area contributed by atoms with Crippen molar-refractivity contribution >= 4 is 17.8 Å². The smallest absolute Gasteiger partial charge is 0.316 e. The number of aromatic nitrogens is 3. The maximum atomic E-state index is 11.3. The lowest BCUT2D eigenvalue weighted by Gasteiger charge is -2.04. The van der Waals surface area contributed by atoms with Crippen molar-refractivity contribution in [2.75, 3.05) is 18.4 Å². The molecule has 1 aromatic rings. The summed E-state index contributed by atoms with van der Waals surface area (Å²) in [6.07, 6.45) is 0. The van der Waals surface area contributed by atoms with Gasteiger partial charge in [-0.1, -0.05) is 0 Å². The molecule has 0 aliphatic carbocycles. The minimum absolute atomic E-state index is 0.000925. The Morgan fingerprint density at radius 1 is 1.18 bits per heavy atom. The Kier molecular flexibility index (Phi) is 4.46. The third-order valence-electron chi connectivity index (χ3n) is 1.95. The highest BCUT2D eigenvalue weighted by Crippen LogP contribution is 2.01. The molecule has 4 N–H and O–H groups in total. The fourth-order valence-electron chi connectivity index (χ4n) is 0.934. The van der Waals surface area contributed by atoms with E-state index < -0.39 is 11.8 Å². The van der Waals surface area contributed by atoms with Crippen LogP contribution in [0.3, 0.4) is 0 Å². The van der Waals surface area contributed by atoms with Gasteiger partial charge in [0.05, 0.1) is 11.4 Å². The molecule has 17 heavy (non-hydrogen) atoms. The van der Waals surface area contributed by atoms with Crippen molar-refractivity contribution < 1.29 is 9.59 Å². The number of carbonyl (C=O) groups is 2. The highest BCUT2D eigenvalue weighted by atomic mass is 16.2. The van der Waals surface area contributed by atoms with Gasteiger partial charge in [-0.2, -0.15) is 5.10 Å². The van der Waals surface area contributed by atoms with Crippen LogP contribution in [0.15, 0.2) is 0 Å². The number of nitrogens with zero attached hydrogens (tertiary/aromatic N) is 3. The zero-order chi connectivity index (χ0) is 12.8. The minimum atomic E-state index is -0.844. The summed E-state index contributed by atoms with van der Waals surface area (Å²) in [5.41, 5.74) is 6.48. The maximum absolute atomic E-state index is 11.3. The number of amides is 2. The van der Waals surface area contributed by atoms with E-state index in [1.165, 1.54) is 0 Å². The lowest BCUT2D eigenvalue weighted by atomic mass is 10.4. The van der Waals surface area contributed by atoms with Crippen LogP contribution >= 0.6 is 0 Å². The quantitative estimate of drug-likeness (QED) is 0.551. The van der Waals surface area contributed by atoms with E-state index in [0.29, 0.717) is 11.4 Å². The molecule has 0 bridgehead atoms. The number of nitrogens with one attached hydrogen (secondary N) is 2. The van der Waals surface area contributed by atoms with Crippen molar-refractivity contribution in [3.63, 3.8) is 0 Å². The molecular formula is C9H14N6O2. The van der Waals surface area contributed by atoms with Crippen LogP contribution in [-0.4, -0.2) is 40.1 Å². The molecule has 1 heterocycles. The van der Waals surface area contributed by atoms with Crippen LogP contribution in [0.2, 0.25) is 0 Å². The minimum Gasteiger partial charge on any atom is -0.347 e. The van der Waals surface area contributed by atoms with Crippen LogP contribution in [0.1, 0.15) is 11.4 Å². The first-order valence-electron chi connectivity index (χ1n) is 5.01. The first kappa shape index (κ1) is 13.0. The van der Waals surface area contributed by atoms with Gasteiger partial charge in [0.15, 0.2) is 0 Å². The molecule has 0 radical (unpaired) electrons. The Labute approximate surface area is 98.0 Å². The average molecular weight is 238 g/mol. The first-order valence-corrected chi connectivity index (χ1v) is 5.01. The number of rotatable bonds is 3. The summed E-state index contributed by atoms with van der Waals surface area (Å²) in [7, 11) is 0. The van der Waals surface area contributed by atoms with E-state index in [2.05, 4.69) is 25.8 Å². The number of hydrogen-bond donors (Lipinski definition) is 3. The second-order valence-electron chi connectivity index (χ2n) is 3.30. The van der Waals surface area contributed by atoms with Crippen molar-refractivity contribution in [3.05, 3.63) is 11.4 Å². The molecule has 0 aliphatic heterocycles. The summed E-state index contributed by atoms with van der Waals surface area (Å²) >= 11 is 0. The Morgan fingerprint density at radius 3 is 2.47 bits per heavy atom. The Bertz CT molecular complexity index is 433. The van der Waals surface area contributed by atoms with Crippen LogP contribution in [0.4, 0.5) is 5.95 Å². The molecule has 0 saturated carbocycles. The van der Waals surface area contributed by atoms with Gasteiger partial charge in [0, 0.05) is 13.1 Å². The molecule has 92 valence electrons. The van der Waals surface area contributed by atoms with E-state index in [1.807, 2.05) is 0 Å². The molecule has 0 aromatic carbocycles. The van der Waals surface area contributed by atoms with Gasteiger partial charge in [0.2, 0.25) is 5.95 Å². The van der Waals surface area contributed by atoms with Gasteiger partial charge < -0.3 is 11.1 Å². The lowest BCUT2D eigenvalue weighted by molar-refractivity contribution is -0.136. The highest BCUT2D eigenvalue weighted by Gasteiger charge is 2.14. The lowest BCUT2D eigenvalue weighted by Crippen LogP contribution is -2.38. The van der Waals surface area contributed by atoms with Crippen LogP contribution in [0.5, 0.6) is 0 Å². The zero-order valence-corrected chi connectivity index (χ0v) is 9.65. The molecule has 0 saturated heterocycles. The summed E-state index contributed by atoms with van der Waals surface area (Å²) < 4.78 is 0. The Balaban J connectivity index is 2.61. The van der Waals surface area contributed by atoms with E-state index in [1.54, 1.807) is 13.8 Å². The van der Waals surface area contributed by atoms with Gasteiger partial charge in [-0.05, 0) is 13.8 Å². The third kappa shape index (κ3) is 3.76. The SMILES string of the molecule is Cc1nnc(NC(=O)C(=O)NCCN)nc1C. The van der Waals surface area contributed by atoms with E-state index in [4.69, 9.17) is 5.73 Å². The second kappa shape index (κ2) is 5.85. The summed E-state index contributed by atoms with van der Waals surface area (Å²) in [5.74, 6) is -1.62. The van der Waals surface area contributed by atoms with Gasteiger partial charge >= 0.3 is 11.8 Å². The molecular weight excluding hydrogens is 224 g/mol. The molecule has 8 heteroatoms. The van der Waals surface area contributed by atoms with Crippen LogP contribution < -0.4 is 16.4 Å². The van der Waals surface area contributed by atoms with Gasteiger partial charge in [-0.3, -0.25) is 14.9 Å². The second-order valence-corrected chi connectivity index (χ2v) is 3.30. The normalized spacial score (nSPS) is 9.82. The monoisotopic (exact) mass is 238 g/mol. The van der Waals surface area contributed by atoms with Crippen LogP contribution in [0.25, 0.3) is 0 Å². The van der Waals surface area contributed by atoms with Crippen molar-refractivity contribution in [1.82, 2.24) is 20.5 Å². The van der Waals surface area contributed by atoms with Gasteiger partial charge in [-0.15, -0.1) is 5.10 Å². The third-order valence-corrected chi connectivity index (χ3v) is 1.95. The summed E-state index contributed by atoms with van der Waals surface area (Å²) in [6, 6.07) is 0. The van der Waals surface area contributed by atoms with Crippen LogP contribution in [-0.2, 0) is 9.59 Å². The summed E-state index contributed by atoms with van der Waals surface area (Å²) in [6.45, 7) is 3.97. The molecule has 0 unspecified atom stereocenters. The largest absolute Gasteiger partial charge is 0.347 e. The first-order chi connectivity index (χ1) is 8.04. The number of carbonyl (C=O) groups excluding carboxylic acids is 2.